The number of hydrogen-bond acceptors (Lipinski definition) is 4. The lowest BCUT2D eigenvalue weighted by Crippen LogP contribution is -2.48. The summed E-state index contributed by atoms with van der Waals surface area (Å²) in [6.07, 6.45) is 0. The van der Waals surface area contributed by atoms with Crippen LogP contribution in [-0.2, 0) is 10.0 Å². The summed E-state index contributed by atoms with van der Waals surface area (Å²) >= 11 is 4.73. The quantitative estimate of drug-likeness (QED) is 0.883. The molecule has 0 unspecified atom stereocenters. The standard InChI is InChI=1S/C11H19BrN2O2S2/c1-8-9(6-10(12)17-8)18(15,16)13-7-11(2,3)14(4)5/h6,13H,7H2,1-5H3. The van der Waals surface area contributed by atoms with Crippen molar-refractivity contribution < 1.29 is 8.42 Å². The summed E-state index contributed by atoms with van der Waals surface area (Å²) in [5.74, 6) is 0. The minimum Gasteiger partial charge on any atom is -0.303 e. The number of rotatable bonds is 5. The molecule has 0 saturated heterocycles. The predicted octanol–water partition coefficient (Wildman–Crippen LogP) is 2.44. The zero-order valence-corrected chi connectivity index (χ0v) is 14.5. The molecule has 1 aromatic heterocycles. The average Bonchev–Trinajstić information content (AvgIpc) is 2.56. The van der Waals surface area contributed by atoms with E-state index in [-0.39, 0.29) is 5.54 Å². The van der Waals surface area contributed by atoms with E-state index >= 15 is 0 Å². The lowest BCUT2D eigenvalue weighted by Gasteiger charge is -2.32. The van der Waals surface area contributed by atoms with Gasteiger partial charge in [0.25, 0.3) is 0 Å². The average molecular weight is 355 g/mol. The Balaban J connectivity index is 2.88. The smallest absolute Gasteiger partial charge is 0.241 e. The molecule has 18 heavy (non-hydrogen) atoms. The van der Waals surface area contributed by atoms with Gasteiger partial charge in [-0.1, -0.05) is 0 Å². The lowest BCUT2D eigenvalue weighted by molar-refractivity contribution is 0.199. The molecular weight excluding hydrogens is 336 g/mol. The first kappa shape index (κ1) is 16.1. The van der Waals surface area contributed by atoms with Crippen molar-refractivity contribution in [3.8, 4) is 0 Å². The van der Waals surface area contributed by atoms with Gasteiger partial charge in [-0.15, -0.1) is 11.3 Å². The van der Waals surface area contributed by atoms with E-state index in [0.717, 1.165) is 8.66 Å². The summed E-state index contributed by atoms with van der Waals surface area (Å²) in [6, 6.07) is 1.64. The van der Waals surface area contributed by atoms with Crippen LogP contribution in [0, 0.1) is 6.92 Å². The Bertz CT molecular complexity index is 521. The Kier molecular flexibility index (Phi) is 4.99. The second-order valence-electron chi connectivity index (χ2n) is 5.00. The SMILES string of the molecule is Cc1sc(Br)cc1S(=O)(=O)NCC(C)(C)N(C)C. The third-order valence-corrected chi connectivity index (χ3v) is 6.25. The largest absolute Gasteiger partial charge is 0.303 e. The summed E-state index contributed by atoms with van der Waals surface area (Å²) in [5.41, 5.74) is -0.228. The summed E-state index contributed by atoms with van der Waals surface area (Å²) in [7, 11) is 0.429. The van der Waals surface area contributed by atoms with E-state index in [1.807, 2.05) is 32.8 Å². The zero-order valence-electron chi connectivity index (χ0n) is 11.2. The van der Waals surface area contributed by atoms with E-state index in [4.69, 9.17) is 0 Å². The summed E-state index contributed by atoms with van der Waals surface area (Å²) < 4.78 is 27.9. The second-order valence-corrected chi connectivity index (χ2v) is 9.37. The molecule has 4 nitrogen and oxygen atoms in total. The molecule has 0 radical (unpaired) electrons. The lowest BCUT2D eigenvalue weighted by atomic mass is 10.1. The van der Waals surface area contributed by atoms with Gasteiger partial charge in [-0.05, 0) is 56.9 Å². The summed E-state index contributed by atoms with van der Waals surface area (Å²) in [4.78, 5) is 3.14. The van der Waals surface area contributed by atoms with Crippen molar-refractivity contribution in [2.24, 2.45) is 0 Å². The van der Waals surface area contributed by atoms with Crippen LogP contribution in [0.25, 0.3) is 0 Å². The van der Waals surface area contributed by atoms with Gasteiger partial charge in [-0.3, -0.25) is 0 Å². The van der Waals surface area contributed by atoms with E-state index < -0.39 is 10.0 Å². The molecule has 104 valence electrons. The third-order valence-electron chi connectivity index (χ3n) is 3.04. The summed E-state index contributed by atoms with van der Waals surface area (Å²) in [5, 5.41) is 0. The van der Waals surface area contributed by atoms with Gasteiger partial charge in [-0.2, -0.15) is 0 Å². The van der Waals surface area contributed by atoms with Crippen molar-refractivity contribution >= 4 is 37.3 Å². The number of nitrogens with one attached hydrogen (secondary N) is 1. The van der Waals surface area contributed by atoms with Gasteiger partial charge >= 0.3 is 0 Å². The number of halogens is 1. The maximum absolute atomic E-state index is 12.2. The normalized spacial score (nSPS) is 13.3. The third kappa shape index (κ3) is 3.77. The molecule has 0 aliphatic rings. The Morgan fingerprint density at radius 3 is 2.39 bits per heavy atom. The van der Waals surface area contributed by atoms with Crippen molar-refractivity contribution in [3.63, 3.8) is 0 Å². The highest BCUT2D eigenvalue weighted by atomic mass is 79.9. The van der Waals surface area contributed by atoms with Crippen molar-refractivity contribution in [2.75, 3.05) is 20.6 Å². The number of nitrogens with zero attached hydrogens (tertiary/aromatic N) is 1. The van der Waals surface area contributed by atoms with Crippen molar-refractivity contribution in [1.29, 1.82) is 0 Å². The van der Waals surface area contributed by atoms with E-state index in [2.05, 4.69) is 20.7 Å². The van der Waals surface area contributed by atoms with E-state index in [1.54, 1.807) is 13.0 Å². The number of aryl methyl sites for hydroxylation is 1. The van der Waals surface area contributed by atoms with Crippen LogP contribution < -0.4 is 4.72 Å². The Morgan fingerprint density at radius 2 is 2.00 bits per heavy atom. The number of likely N-dealkylation sites (N-methyl/N-ethyl adjacent to an activating group) is 1. The van der Waals surface area contributed by atoms with E-state index in [0.29, 0.717) is 11.4 Å². The van der Waals surface area contributed by atoms with E-state index in [1.165, 1.54) is 11.3 Å². The minimum absolute atomic E-state index is 0.228. The van der Waals surface area contributed by atoms with Gasteiger partial charge in [0.05, 0.1) is 8.68 Å². The fourth-order valence-corrected chi connectivity index (χ4v) is 4.82. The predicted molar refractivity (Wildman–Crippen MR) is 79.7 cm³/mol. The second kappa shape index (κ2) is 5.58. The molecule has 0 saturated carbocycles. The van der Waals surface area contributed by atoms with Gasteiger partial charge in [-0.25, -0.2) is 13.1 Å². The fraction of sp³-hybridized carbons (Fsp3) is 0.636. The van der Waals surface area contributed by atoms with Crippen molar-refractivity contribution in [2.45, 2.75) is 31.2 Å². The van der Waals surface area contributed by atoms with Gasteiger partial charge in [0, 0.05) is 17.0 Å². The molecule has 0 bridgehead atoms. The molecule has 1 rings (SSSR count). The highest BCUT2D eigenvalue weighted by molar-refractivity contribution is 9.11. The minimum atomic E-state index is -3.43. The van der Waals surface area contributed by atoms with Gasteiger partial charge in [0.1, 0.15) is 0 Å². The maximum Gasteiger partial charge on any atom is 0.241 e. The molecular formula is C11H19BrN2O2S2. The maximum atomic E-state index is 12.2. The molecule has 0 aromatic carbocycles. The van der Waals surface area contributed by atoms with Crippen LogP contribution in [0.15, 0.2) is 14.7 Å². The Labute approximate surface area is 122 Å². The first-order valence-corrected chi connectivity index (χ1v) is 8.58. The number of thiophene rings is 1. The number of sulfonamides is 1. The molecule has 0 fully saturated rings. The number of hydrogen-bond donors (Lipinski definition) is 1. The first-order valence-electron chi connectivity index (χ1n) is 5.49. The zero-order chi connectivity index (χ0) is 14.1. The molecule has 0 aliphatic carbocycles. The molecule has 0 spiro atoms. The van der Waals surface area contributed by atoms with Crippen LogP contribution in [0.5, 0.6) is 0 Å². The monoisotopic (exact) mass is 354 g/mol. The van der Waals surface area contributed by atoms with Crippen LogP contribution in [0.3, 0.4) is 0 Å². The molecule has 7 heteroatoms. The molecule has 1 heterocycles. The van der Waals surface area contributed by atoms with E-state index in [9.17, 15) is 8.42 Å². The van der Waals surface area contributed by atoms with Crippen LogP contribution >= 0.6 is 27.3 Å². The van der Waals surface area contributed by atoms with Crippen molar-refractivity contribution in [1.82, 2.24) is 9.62 Å². The summed E-state index contributed by atoms with van der Waals surface area (Å²) in [6.45, 7) is 6.16. The fourth-order valence-electron chi connectivity index (χ4n) is 1.20. The van der Waals surface area contributed by atoms with Crippen molar-refractivity contribution in [3.05, 3.63) is 14.7 Å². The highest BCUT2D eigenvalue weighted by Crippen LogP contribution is 2.29. The molecule has 1 aromatic rings. The molecule has 0 amide bonds. The molecule has 1 N–H and O–H groups in total. The van der Waals surface area contributed by atoms with Gasteiger partial charge in [0.2, 0.25) is 10.0 Å². The highest BCUT2D eigenvalue weighted by Gasteiger charge is 2.25. The van der Waals surface area contributed by atoms with Crippen LogP contribution in [-0.4, -0.2) is 39.5 Å². The van der Waals surface area contributed by atoms with Crippen LogP contribution in [0.1, 0.15) is 18.7 Å². The topological polar surface area (TPSA) is 49.4 Å². The van der Waals surface area contributed by atoms with Crippen LogP contribution in [0.2, 0.25) is 0 Å². The molecule has 0 aliphatic heterocycles. The van der Waals surface area contributed by atoms with Gasteiger partial charge in [0.15, 0.2) is 0 Å². The molecule has 0 atom stereocenters. The van der Waals surface area contributed by atoms with Crippen LogP contribution in [0.4, 0.5) is 0 Å². The Morgan fingerprint density at radius 1 is 1.44 bits per heavy atom. The Hall–Kier alpha value is 0.0500. The van der Waals surface area contributed by atoms with Gasteiger partial charge < -0.3 is 4.90 Å². The first-order chi connectivity index (χ1) is 8.06.